The number of nitrogens with two attached hydrogens (primary N) is 2. The Labute approximate surface area is 153 Å². The molecule has 1 unspecified atom stereocenters. The zero-order chi connectivity index (χ0) is 19.3. The van der Waals surface area contributed by atoms with Gasteiger partial charge in [-0.05, 0) is 18.9 Å². The Balaban J connectivity index is 2.03. The van der Waals surface area contributed by atoms with Gasteiger partial charge < -0.3 is 25.9 Å². The second-order valence-electron chi connectivity index (χ2n) is 6.87. The molecule has 2 heterocycles. The van der Waals surface area contributed by atoms with Gasteiger partial charge in [-0.2, -0.15) is 4.68 Å². The Morgan fingerprint density at radius 2 is 2.11 bits per heavy atom. The van der Waals surface area contributed by atoms with Gasteiger partial charge in [0.05, 0.1) is 25.2 Å². The maximum absolute atomic E-state index is 15.1. The summed E-state index contributed by atoms with van der Waals surface area (Å²) in [4.78, 5) is 26.9. The molecule has 4 rings (SSSR count). The summed E-state index contributed by atoms with van der Waals surface area (Å²) in [6.45, 7) is 1.52. The molecular weight excluding hydrogens is 357 g/mol. The number of nitrogen functional groups attached to an aromatic ring is 1. The lowest BCUT2D eigenvalue weighted by molar-refractivity contribution is 0.0462. The molecule has 0 spiro atoms. The summed E-state index contributed by atoms with van der Waals surface area (Å²) < 4.78 is 28.1. The van der Waals surface area contributed by atoms with E-state index in [-0.39, 0.29) is 34.5 Å². The predicted octanol–water partition coefficient (Wildman–Crippen LogP) is -0.476. The fraction of sp³-hybridized carbons (Fsp3) is 0.529. The summed E-state index contributed by atoms with van der Waals surface area (Å²) in [6, 6.07) is 1.05. The van der Waals surface area contributed by atoms with E-state index in [1.54, 1.807) is 4.90 Å². The van der Waals surface area contributed by atoms with Crippen molar-refractivity contribution >= 4 is 16.6 Å². The maximum atomic E-state index is 15.1. The zero-order valence-electron chi connectivity index (χ0n) is 15.0. The highest BCUT2D eigenvalue weighted by Crippen LogP contribution is 2.42. The van der Waals surface area contributed by atoms with E-state index in [2.05, 4.69) is 0 Å². The molecule has 1 saturated heterocycles. The third kappa shape index (κ3) is 2.76. The topological polar surface area (TPSA) is 118 Å². The number of aromatic nitrogens is 2. The lowest BCUT2D eigenvalue weighted by Crippen LogP contribution is -2.46. The van der Waals surface area contributed by atoms with Crippen LogP contribution in [0.2, 0.25) is 0 Å². The molecule has 2 aliphatic rings. The van der Waals surface area contributed by atoms with Crippen molar-refractivity contribution in [1.29, 1.82) is 0 Å². The maximum Gasteiger partial charge on any atom is 0.350 e. The smallest absolute Gasteiger partial charge is 0.350 e. The highest BCUT2D eigenvalue weighted by Gasteiger charge is 2.33. The first kappa shape index (κ1) is 17.8. The van der Waals surface area contributed by atoms with Crippen LogP contribution >= 0.6 is 0 Å². The minimum Gasteiger partial charge on any atom is -0.492 e. The number of ether oxygens (including phenoxy) is 2. The number of morpholine rings is 1. The van der Waals surface area contributed by atoms with Crippen molar-refractivity contribution in [2.75, 3.05) is 44.1 Å². The molecule has 146 valence electrons. The minimum atomic E-state index is -0.752. The van der Waals surface area contributed by atoms with E-state index in [1.807, 2.05) is 0 Å². The normalized spacial score (nSPS) is 20.3. The van der Waals surface area contributed by atoms with Crippen molar-refractivity contribution in [3.63, 3.8) is 0 Å². The molecule has 9 nitrogen and oxygen atoms in total. The van der Waals surface area contributed by atoms with Crippen LogP contribution in [0.15, 0.2) is 15.7 Å². The van der Waals surface area contributed by atoms with Crippen molar-refractivity contribution in [2.24, 2.45) is 5.73 Å². The van der Waals surface area contributed by atoms with Gasteiger partial charge >= 0.3 is 5.69 Å². The van der Waals surface area contributed by atoms with Gasteiger partial charge in [0.15, 0.2) is 11.6 Å². The van der Waals surface area contributed by atoms with Gasteiger partial charge in [-0.3, -0.25) is 9.36 Å². The average Bonchev–Trinajstić information content (AvgIpc) is 3.51. The second kappa shape index (κ2) is 6.54. The molecule has 0 radical (unpaired) electrons. The van der Waals surface area contributed by atoms with Crippen LogP contribution in [0.4, 0.5) is 10.1 Å². The SMILES string of the molecule is COc1c(N2CCOC(CN)C2)c(F)cc2c(=O)n(N)c(=O)n(C3CC3)c12. The number of halogens is 1. The highest BCUT2D eigenvalue weighted by molar-refractivity contribution is 5.91. The molecule has 1 aromatic heterocycles. The van der Waals surface area contributed by atoms with E-state index in [1.165, 1.54) is 11.7 Å². The first-order valence-corrected chi connectivity index (χ1v) is 8.87. The largest absolute Gasteiger partial charge is 0.492 e. The van der Waals surface area contributed by atoms with E-state index >= 15 is 4.39 Å². The molecule has 27 heavy (non-hydrogen) atoms. The van der Waals surface area contributed by atoms with Crippen LogP contribution in [0.1, 0.15) is 18.9 Å². The van der Waals surface area contributed by atoms with Crippen LogP contribution in [-0.4, -0.2) is 48.7 Å². The van der Waals surface area contributed by atoms with Crippen LogP contribution in [0.5, 0.6) is 5.75 Å². The lowest BCUT2D eigenvalue weighted by Gasteiger charge is -2.35. The van der Waals surface area contributed by atoms with Gasteiger partial charge in [0.2, 0.25) is 0 Å². The lowest BCUT2D eigenvalue weighted by atomic mass is 10.1. The number of rotatable bonds is 4. The van der Waals surface area contributed by atoms with Crippen molar-refractivity contribution in [3.05, 3.63) is 32.7 Å². The van der Waals surface area contributed by atoms with Gasteiger partial charge in [-0.1, -0.05) is 0 Å². The third-order valence-corrected chi connectivity index (χ3v) is 5.12. The third-order valence-electron chi connectivity index (χ3n) is 5.12. The number of hydrogen-bond donors (Lipinski definition) is 2. The number of methoxy groups -OCH3 is 1. The standard InChI is InChI=1S/C17H22FN5O4/c1-26-15-13-11(16(24)23(20)17(25)22(13)9-2-3-9)6-12(18)14(15)21-4-5-27-10(7-19)8-21/h6,9-10H,2-5,7-8,19-20H2,1H3. The molecule has 2 fully saturated rings. The second-order valence-corrected chi connectivity index (χ2v) is 6.87. The van der Waals surface area contributed by atoms with Crippen molar-refractivity contribution < 1.29 is 13.9 Å². The molecule has 1 saturated carbocycles. The van der Waals surface area contributed by atoms with E-state index < -0.39 is 17.1 Å². The van der Waals surface area contributed by atoms with Crippen LogP contribution < -0.4 is 32.5 Å². The van der Waals surface area contributed by atoms with Crippen LogP contribution in [0.3, 0.4) is 0 Å². The van der Waals surface area contributed by atoms with Gasteiger partial charge in [-0.15, -0.1) is 0 Å². The van der Waals surface area contributed by atoms with Crippen LogP contribution in [0.25, 0.3) is 10.9 Å². The van der Waals surface area contributed by atoms with Gasteiger partial charge in [0.25, 0.3) is 5.56 Å². The summed E-state index contributed by atoms with van der Waals surface area (Å²) in [7, 11) is 1.40. The summed E-state index contributed by atoms with van der Waals surface area (Å²) >= 11 is 0. The molecular formula is C17H22FN5O4. The molecule has 1 atom stereocenters. The Bertz CT molecular complexity index is 1010. The Kier molecular flexibility index (Phi) is 4.31. The zero-order valence-corrected chi connectivity index (χ0v) is 15.0. The van der Waals surface area contributed by atoms with Crippen molar-refractivity contribution in [1.82, 2.24) is 9.24 Å². The molecule has 10 heteroatoms. The van der Waals surface area contributed by atoms with E-state index in [9.17, 15) is 9.59 Å². The van der Waals surface area contributed by atoms with E-state index in [0.29, 0.717) is 30.9 Å². The fourth-order valence-electron chi connectivity index (χ4n) is 3.66. The fourth-order valence-corrected chi connectivity index (χ4v) is 3.66. The van der Waals surface area contributed by atoms with E-state index in [0.717, 1.165) is 18.9 Å². The molecule has 0 amide bonds. The minimum absolute atomic E-state index is 0.0192. The summed E-state index contributed by atoms with van der Waals surface area (Å²) in [5.41, 5.74) is 4.79. The number of nitrogens with zero attached hydrogens (tertiary/aromatic N) is 3. The van der Waals surface area contributed by atoms with Crippen LogP contribution in [-0.2, 0) is 4.74 Å². The number of hydrogen-bond acceptors (Lipinski definition) is 7. The highest BCUT2D eigenvalue weighted by atomic mass is 19.1. The van der Waals surface area contributed by atoms with Gasteiger partial charge in [0, 0.05) is 25.7 Å². The molecule has 4 N–H and O–H groups in total. The molecule has 1 aliphatic heterocycles. The van der Waals surface area contributed by atoms with E-state index in [4.69, 9.17) is 21.1 Å². The number of anilines is 1. The van der Waals surface area contributed by atoms with Crippen LogP contribution in [0, 0.1) is 5.82 Å². The predicted molar refractivity (Wildman–Crippen MR) is 98.4 cm³/mol. The van der Waals surface area contributed by atoms with Gasteiger partial charge in [-0.25, -0.2) is 9.18 Å². The summed E-state index contributed by atoms with van der Waals surface area (Å²) in [5.74, 6) is 5.18. The van der Waals surface area contributed by atoms with Crippen molar-refractivity contribution in [2.45, 2.75) is 25.0 Å². The molecule has 2 aromatic rings. The Hall–Kier alpha value is -2.59. The first-order valence-electron chi connectivity index (χ1n) is 8.87. The number of fused-ring (bicyclic) bond motifs is 1. The molecule has 0 bridgehead atoms. The summed E-state index contributed by atoms with van der Waals surface area (Å²) in [6.07, 6.45) is 1.34. The van der Waals surface area contributed by atoms with Gasteiger partial charge in [0.1, 0.15) is 11.2 Å². The number of benzene rings is 1. The first-order chi connectivity index (χ1) is 13.0. The average molecular weight is 379 g/mol. The quantitative estimate of drug-likeness (QED) is 0.689. The molecule has 1 aromatic carbocycles. The Morgan fingerprint density at radius 1 is 1.37 bits per heavy atom. The van der Waals surface area contributed by atoms with Crippen molar-refractivity contribution in [3.8, 4) is 5.75 Å². The molecule has 1 aliphatic carbocycles. The Morgan fingerprint density at radius 3 is 2.74 bits per heavy atom. The summed E-state index contributed by atoms with van der Waals surface area (Å²) in [5, 5.41) is 0.0192. The monoisotopic (exact) mass is 379 g/mol.